The molecule has 0 N–H and O–H groups in total. The largest absolute Gasteiger partial charge is 0.272 e. The van der Waals surface area contributed by atoms with E-state index in [4.69, 9.17) is 11.6 Å². The Kier molecular flexibility index (Phi) is 4.13. The lowest BCUT2D eigenvalue weighted by molar-refractivity contribution is -0.385. The third kappa shape index (κ3) is 3.28. The fraction of sp³-hybridized carbons (Fsp3) is 0.0769. The van der Waals surface area contributed by atoms with Crippen LogP contribution in [0.5, 0.6) is 0 Å². The first-order valence-electron chi connectivity index (χ1n) is 5.44. The molecule has 1 unspecified atom stereocenters. The second-order valence-electron chi connectivity index (χ2n) is 4.06. The van der Waals surface area contributed by atoms with Crippen LogP contribution in [0.1, 0.15) is 11.1 Å². The minimum atomic E-state index is -0.608. The van der Waals surface area contributed by atoms with E-state index in [2.05, 4.69) is 9.24 Å². The molecular formula is C13H10ClFNO2P. The zero-order valence-corrected chi connectivity index (χ0v) is 11.7. The molecule has 0 fully saturated rings. The van der Waals surface area contributed by atoms with Crippen molar-refractivity contribution in [3.63, 3.8) is 0 Å². The molecule has 19 heavy (non-hydrogen) atoms. The monoisotopic (exact) mass is 297 g/mol. The number of benzene rings is 2. The van der Waals surface area contributed by atoms with Crippen molar-refractivity contribution >= 4 is 31.8 Å². The van der Waals surface area contributed by atoms with E-state index in [0.717, 1.165) is 11.6 Å². The maximum Gasteiger partial charge on any atom is 0.272 e. The molecule has 6 heteroatoms. The summed E-state index contributed by atoms with van der Waals surface area (Å²) in [6.45, 7) is 0. The maximum atomic E-state index is 13.9. The molecule has 0 heterocycles. The van der Waals surface area contributed by atoms with Crippen LogP contribution in [-0.4, -0.2) is 4.92 Å². The van der Waals surface area contributed by atoms with Crippen LogP contribution in [-0.2, 0) is 6.42 Å². The van der Waals surface area contributed by atoms with Crippen LogP contribution < -0.4 is 5.30 Å². The Hall–Kier alpha value is -1.51. The average Bonchev–Trinajstić information content (AvgIpc) is 2.35. The number of nitrogens with zero attached hydrogens (tertiary/aromatic N) is 1. The lowest BCUT2D eigenvalue weighted by atomic mass is 10.0. The zero-order valence-electron chi connectivity index (χ0n) is 9.77. The molecule has 2 rings (SSSR count). The predicted octanol–water partition coefficient (Wildman–Crippen LogP) is 3.48. The van der Waals surface area contributed by atoms with Gasteiger partial charge in [0.25, 0.3) is 5.69 Å². The lowest BCUT2D eigenvalue weighted by Crippen LogP contribution is -2.08. The van der Waals surface area contributed by atoms with Crippen LogP contribution in [0.15, 0.2) is 36.4 Å². The number of hydrogen-bond donors (Lipinski definition) is 0. The molecule has 1 atom stereocenters. The van der Waals surface area contributed by atoms with E-state index in [1.807, 2.05) is 0 Å². The van der Waals surface area contributed by atoms with E-state index in [0.29, 0.717) is 22.3 Å². The van der Waals surface area contributed by atoms with Crippen molar-refractivity contribution in [2.45, 2.75) is 6.42 Å². The summed E-state index contributed by atoms with van der Waals surface area (Å²) < 4.78 is 13.9. The summed E-state index contributed by atoms with van der Waals surface area (Å²) in [5.41, 5.74) is 1.07. The SMILES string of the molecule is O=[N+]([O-])c1cc(F)c(Cc2ccc(Cl)cc2)c(P)c1. The van der Waals surface area contributed by atoms with Gasteiger partial charge in [-0.15, -0.1) is 9.24 Å². The standard InChI is InChI=1S/C13H10ClFNO2P/c14-9-3-1-8(2-4-9)5-11-12(15)6-10(16(17)18)7-13(11)19/h1-4,6-7H,5,19H2. The van der Waals surface area contributed by atoms with E-state index in [1.165, 1.54) is 6.07 Å². The highest BCUT2D eigenvalue weighted by Gasteiger charge is 2.14. The van der Waals surface area contributed by atoms with Gasteiger partial charge in [-0.25, -0.2) is 4.39 Å². The molecule has 0 aliphatic carbocycles. The van der Waals surface area contributed by atoms with Gasteiger partial charge in [0.05, 0.1) is 11.0 Å². The quantitative estimate of drug-likeness (QED) is 0.494. The predicted molar refractivity (Wildman–Crippen MR) is 76.7 cm³/mol. The van der Waals surface area contributed by atoms with Crippen molar-refractivity contribution in [2.24, 2.45) is 0 Å². The van der Waals surface area contributed by atoms with Crippen molar-refractivity contribution < 1.29 is 9.31 Å². The van der Waals surface area contributed by atoms with Crippen LogP contribution in [0, 0.1) is 15.9 Å². The Bertz CT molecular complexity index is 608. The number of nitro benzene ring substituents is 1. The molecule has 2 aromatic rings. The number of halogens is 2. The maximum absolute atomic E-state index is 13.9. The third-order valence-electron chi connectivity index (χ3n) is 2.72. The Labute approximate surface area is 116 Å². The van der Waals surface area contributed by atoms with Gasteiger partial charge in [-0.05, 0) is 28.6 Å². The van der Waals surface area contributed by atoms with Crippen LogP contribution in [0.3, 0.4) is 0 Å². The summed E-state index contributed by atoms with van der Waals surface area (Å²) in [5, 5.41) is 11.7. The average molecular weight is 298 g/mol. The second-order valence-corrected chi connectivity index (χ2v) is 5.11. The molecule has 0 amide bonds. The van der Waals surface area contributed by atoms with E-state index in [9.17, 15) is 14.5 Å². The Balaban J connectivity index is 2.35. The number of non-ortho nitro benzene ring substituents is 1. The minimum absolute atomic E-state index is 0.248. The summed E-state index contributed by atoms with van der Waals surface area (Å²) >= 11 is 5.78. The normalized spacial score (nSPS) is 10.5. The molecule has 0 saturated heterocycles. The van der Waals surface area contributed by atoms with Gasteiger partial charge in [-0.2, -0.15) is 0 Å². The summed E-state index contributed by atoms with van der Waals surface area (Å²) in [6.07, 6.45) is 0.361. The topological polar surface area (TPSA) is 43.1 Å². The molecule has 0 aliphatic heterocycles. The third-order valence-corrected chi connectivity index (χ3v) is 3.49. The van der Waals surface area contributed by atoms with Gasteiger partial charge in [-0.1, -0.05) is 23.7 Å². The molecule has 0 bridgehead atoms. The zero-order chi connectivity index (χ0) is 14.0. The molecule has 0 aliphatic rings. The first-order chi connectivity index (χ1) is 8.97. The minimum Gasteiger partial charge on any atom is -0.258 e. The summed E-state index contributed by atoms with van der Waals surface area (Å²) in [6, 6.07) is 9.34. The van der Waals surface area contributed by atoms with Gasteiger partial charge in [0.2, 0.25) is 0 Å². The van der Waals surface area contributed by atoms with Crippen molar-refractivity contribution in [3.8, 4) is 0 Å². The highest BCUT2D eigenvalue weighted by atomic mass is 35.5. The second kappa shape index (κ2) is 5.64. The van der Waals surface area contributed by atoms with Crippen molar-refractivity contribution in [1.29, 1.82) is 0 Å². The first kappa shape index (κ1) is 13.9. The van der Waals surface area contributed by atoms with Gasteiger partial charge in [0, 0.05) is 17.5 Å². The van der Waals surface area contributed by atoms with Crippen LogP contribution >= 0.6 is 20.8 Å². The number of hydrogen-bond acceptors (Lipinski definition) is 2. The van der Waals surface area contributed by atoms with Crippen molar-refractivity contribution in [3.05, 3.63) is 68.5 Å². The number of rotatable bonds is 3. The Morgan fingerprint density at radius 3 is 2.42 bits per heavy atom. The number of nitro groups is 1. The fourth-order valence-corrected chi connectivity index (χ4v) is 2.28. The van der Waals surface area contributed by atoms with Gasteiger partial charge in [0.15, 0.2) is 0 Å². The van der Waals surface area contributed by atoms with Crippen molar-refractivity contribution in [1.82, 2.24) is 0 Å². The van der Waals surface area contributed by atoms with Crippen LogP contribution in [0.4, 0.5) is 10.1 Å². The van der Waals surface area contributed by atoms with Gasteiger partial charge >= 0.3 is 0 Å². The van der Waals surface area contributed by atoms with E-state index in [1.54, 1.807) is 24.3 Å². The van der Waals surface area contributed by atoms with Gasteiger partial charge in [-0.3, -0.25) is 10.1 Å². The molecule has 0 aromatic heterocycles. The molecule has 0 spiro atoms. The molecule has 2 aromatic carbocycles. The molecule has 0 saturated carbocycles. The lowest BCUT2D eigenvalue weighted by Gasteiger charge is -2.07. The molecule has 98 valence electrons. The summed E-state index contributed by atoms with van der Waals surface area (Å²) in [7, 11) is 2.33. The molecule has 0 radical (unpaired) electrons. The van der Waals surface area contributed by atoms with E-state index >= 15 is 0 Å². The Morgan fingerprint density at radius 2 is 1.89 bits per heavy atom. The molecular weight excluding hydrogens is 288 g/mol. The van der Waals surface area contributed by atoms with Crippen molar-refractivity contribution in [2.75, 3.05) is 0 Å². The summed E-state index contributed by atoms with van der Waals surface area (Å²) in [4.78, 5) is 10.0. The van der Waals surface area contributed by atoms with E-state index < -0.39 is 10.7 Å². The molecule has 3 nitrogen and oxygen atoms in total. The Morgan fingerprint density at radius 1 is 1.26 bits per heavy atom. The van der Waals surface area contributed by atoms with Crippen LogP contribution in [0.2, 0.25) is 5.02 Å². The highest BCUT2D eigenvalue weighted by molar-refractivity contribution is 7.27. The fourth-order valence-electron chi connectivity index (χ4n) is 1.74. The first-order valence-corrected chi connectivity index (χ1v) is 6.39. The summed E-state index contributed by atoms with van der Waals surface area (Å²) in [5.74, 6) is -0.575. The van der Waals surface area contributed by atoms with E-state index in [-0.39, 0.29) is 5.69 Å². The van der Waals surface area contributed by atoms with Gasteiger partial charge in [0.1, 0.15) is 5.82 Å². The van der Waals surface area contributed by atoms with Gasteiger partial charge < -0.3 is 0 Å². The van der Waals surface area contributed by atoms with Crippen LogP contribution in [0.25, 0.3) is 0 Å². The smallest absolute Gasteiger partial charge is 0.258 e. The highest BCUT2D eigenvalue weighted by Crippen LogP contribution is 2.20.